The second-order valence-electron chi connectivity index (χ2n) is 6.26. The fraction of sp³-hybridized carbons (Fsp3) is 0.238. The SMILES string of the molecule is COc1ccccc1-c1nnc(SCC(=O)N(CCC#N)c2ccccc2F)n1C. The maximum atomic E-state index is 14.2. The largest absolute Gasteiger partial charge is 0.496 e. The van der Waals surface area contributed by atoms with Crippen LogP contribution in [0.5, 0.6) is 5.75 Å². The molecule has 1 heterocycles. The van der Waals surface area contributed by atoms with Gasteiger partial charge in [0.05, 0.1) is 36.6 Å². The number of carbonyl (C=O) groups excluding carboxylic acids is 1. The van der Waals surface area contributed by atoms with Crippen LogP contribution in [0.2, 0.25) is 0 Å². The van der Waals surface area contributed by atoms with Gasteiger partial charge in [-0.1, -0.05) is 36.0 Å². The van der Waals surface area contributed by atoms with Crippen LogP contribution < -0.4 is 9.64 Å². The monoisotopic (exact) mass is 425 g/mol. The molecule has 0 atom stereocenters. The van der Waals surface area contributed by atoms with E-state index < -0.39 is 5.82 Å². The molecule has 0 N–H and O–H groups in total. The summed E-state index contributed by atoms with van der Waals surface area (Å²) in [6, 6.07) is 15.5. The van der Waals surface area contributed by atoms with E-state index in [1.165, 1.54) is 28.8 Å². The Hall–Kier alpha value is -3.38. The van der Waals surface area contributed by atoms with E-state index in [4.69, 9.17) is 10.00 Å². The highest BCUT2D eigenvalue weighted by atomic mass is 32.2. The third-order valence-corrected chi connectivity index (χ3v) is 5.40. The molecule has 0 bridgehead atoms. The van der Waals surface area contributed by atoms with Crippen LogP contribution in [0, 0.1) is 17.1 Å². The van der Waals surface area contributed by atoms with Gasteiger partial charge in [0.25, 0.3) is 0 Å². The number of benzene rings is 2. The summed E-state index contributed by atoms with van der Waals surface area (Å²) in [6.45, 7) is 0.113. The summed E-state index contributed by atoms with van der Waals surface area (Å²) in [7, 11) is 3.39. The van der Waals surface area contributed by atoms with Crippen LogP contribution in [0.3, 0.4) is 0 Å². The highest BCUT2D eigenvalue weighted by molar-refractivity contribution is 7.99. The van der Waals surface area contributed by atoms with Crippen LogP contribution in [0.25, 0.3) is 11.4 Å². The van der Waals surface area contributed by atoms with Gasteiger partial charge < -0.3 is 14.2 Å². The Morgan fingerprint density at radius 3 is 2.70 bits per heavy atom. The number of aromatic nitrogens is 3. The molecule has 0 saturated heterocycles. The van der Waals surface area contributed by atoms with E-state index in [0.717, 1.165) is 5.56 Å². The molecule has 0 aliphatic rings. The van der Waals surface area contributed by atoms with Gasteiger partial charge in [-0.15, -0.1) is 10.2 Å². The quantitative estimate of drug-likeness (QED) is 0.512. The molecule has 9 heteroatoms. The number of rotatable bonds is 8. The minimum Gasteiger partial charge on any atom is -0.496 e. The van der Waals surface area contributed by atoms with Crippen molar-refractivity contribution in [1.29, 1.82) is 5.26 Å². The summed E-state index contributed by atoms with van der Waals surface area (Å²) in [5.74, 6) is 0.478. The van der Waals surface area contributed by atoms with E-state index in [1.54, 1.807) is 30.9 Å². The molecule has 0 spiro atoms. The zero-order valence-corrected chi connectivity index (χ0v) is 17.4. The average molecular weight is 425 g/mol. The molecule has 0 fully saturated rings. The summed E-state index contributed by atoms with van der Waals surface area (Å²) < 4.78 is 21.4. The Labute approximate surface area is 178 Å². The van der Waals surface area contributed by atoms with Crippen LogP contribution in [0.1, 0.15) is 6.42 Å². The van der Waals surface area contributed by atoms with Crippen molar-refractivity contribution in [2.75, 3.05) is 24.3 Å². The van der Waals surface area contributed by atoms with Gasteiger partial charge in [-0.2, -0.15) is 5.26 Å². The number of amides is 1. The van der Waals surface area contributed by atoms with Gasteiger partial charge in [0.2, 0.25) is 5.91 Å². The van der Waals surface area contributed by atoms with Crippen molar-refractivity contribution in [1.82, 2.24) is 14.8 Å². The maximum absolute atomic E-state index is 14.2. The molecule has 1 aromatic heterocycles. The predicted octanol–water partition coefficient (Wildman–Crippen LogP) is 3.67. The molecule has 0 saturated carbocycles. The lowest BCUT2D eigenvalue weighted by Gasteiger charge is -2.22. The molecule has 3 rings (SSSR count). The maximum Gasteiger partial charge on any atom is 0.237 e. The first kappa shape index (κ1) is 21.3. The van der Waals surface area contributed by atoms with Crippen LogP contribution in [-0.2, 0) is 11.8 Å². The highest BCUT2D eigenvalue weighted by Crippen LogP contribution is 2.30. The number of ether oxygens (including phenoxy) is 1. The van der Waals surface area contributed by atoms with Gasteiger partial charge in [-0.05, 0) is 24.3 Å². The molecule has 2 aromatic carbocycles. The Bertz CT molecular complexity index is 1080. The van der Waals surface area contributed by atoms with Crippen molar-refractivity contribution in [3.05, 3.63) is 54.3 Å². The van der Waals surface area contributed by atoms with E-state index in [9.17, 15) is 9.18 Å². The molecule has 0 aliphatic heterocycles. The van der Waals surface area contributed by atoms with Gasteiger partial charge in [0.1, 0.15) is 11.6 Å². The molecule has 0 unspecified atom stereocenters. The summed E-state index contributed by atoms with van der Waals surface area (Å²) in [6.07, 6.45) is 0.104. The second kappa shape index (κ2) is 9.89. The summed E-state index contributed by atoms with van der Waals surface area (Å²) in [5.41, 5.74) is 0.946. The van der Waals surface area contributed by atoms with Crippen molar-refractivity contribution < 1.29 is 13.9 Å². The minimum absolute atomic E-state index is 0.0255. The number of thioether (sulfide) groups is 1. The Morgan fingerprint density at radius 1 is 1.23 bits per heavy atom. The standard InChI is InChI=1S/C21H20FN5O2S/c1-26-20(15-8-3-6-11-18(15)29-2)24-25-21(26)30-14-19(28)27(13-7-12-23)17-10-5-4-9-16(17)22/h3-6,8-11H,7,13-14H2,1-2H3. The lowest BCUT2D eigenvalue weighted by molar-refractivity contribution is -0.116. The first-order valence-corrected chi connectivity index (χ1v) is 10.1. The Balaban J connectivity index is 1.77. The van der Waals surface area contributed by atoms with Gasteiger partial charge in [0, 0.05) is 13.6 Å². The van der Waals surface area contributed by atoms with Crippen molar-refractivity contribution >= 4 is 23.4 Å². The fourth-order valence-electron chi connectivity index (χ4n) is 2.92. The van der Waals surface area contributed by atoms with E-state index in [1.807, 2.05) is 30.3 Å². The van der Waals surface area contributed by atoms with Gasteiger partial charge in [0.15, 0.2) is 11.0 Å². The zero-order valence-electron chi connectivity index (χ0n) is 16.6. The van der Waals surface area contributed by atoms with Crippen molar-refractivity contribution in [2.24, 2.45) is 7.05 Å². The predicted molar refractivity (Wildman–Crippen MR) is 113 cm³/mol. The third kappa shape index (κ3) is 4.60. The molecule has 1 amide bonds. The molecule has 0 radical (unpaired) electrons. The number of halogens is 1. The molecule has 3 aromatic rings. The van der Waals surface area contributed by atoms with E-state index in [2.05, 4.69) is 10.2 Å². The number of hydrogen-bond acceptors (Lipinski definition) is 6. The molecular formula is C21H20FN5O2S. The number of hydrogen-bond donors (Lipinski definition) is 0. The van der Waals surface area contributed by atoms with E-state index >= 15 is 0 Å². The number of nitriles is 1. The lowest BCUT2D eigenvalue weighted by Crippen LogP contribution is -2.34. The molecule has 30 heavy (non-hydrogen) atoms. The van der Waals surface area contributed by atoms with Crippen LogP contribution in [-0.4, -0.2) is 40.1 Å². The van der Waals surface area contributed by atoms with Crippen LogP contribution in [0.4, 0.5) is 10.1 Å². The molecule has 154 valence electrons. The zero-order chi connectivity index (χ0) is 21.5. The number of para-hydroxylation sites is 2. The Kier molecular flexibility index (Phi) is 7.03. The van der Waals surface area contributed by atoms with Gasteiger partial charge >= 0.3 is 0 Å². The van der Waals surface area contributed by atoms with Crippen molar-refractivity contribution in [3.8, 4) is 23.2 Å². The number of anilines is 1. The first-order valence-electron chi connectivity index (χ1n) is 9.14. The van der Waals surface area contributed by atoms with Crippen molar-refractivity contribution in [2.45, 2.75) is 11.6 Å². The van der Waals surface area contributed by atoms with E-state index in [-0.39, 0.29) is 30.3 Å². The van der Waals surface area contributed by atoms with Crippen LogP contribution in [0.15, 0.2) is 53.7 Å². The molecule has 7 nitrogen and oxygen atoms in total. The van der Waals surface area contributed by atoms with Gasteiger partial charge in [-0.25, -0.2) is 4.39 Å². The van der Waals surface area contributed by atoms with E-state index in [0.29, 0.717) is 16.7 Å². The normalized spacial score (nSPS) is 10.5. The summed E-state index contributed by atoms with van der Waals surface area (Å²) in [5, 5.41) is 17.8. The Morgan fingerprint density at radius 2 is 1.97 bits per heavy atom. The smallest absolute Gasteiger partial charge is 0.237 e. The summed E-state index contributed by atoms with van der Waals surface area (Å²) in [4.78, 5) is 14.1. The number of nitrogens with zero attached hydrogens (tertiary/aromatic N) is 5. The lowest BCUT2D eigenvalue weighted by atomic mass is 10.2. The first-order chi connectivity index (χ1) is 14.6. The highest BCUT2D eigenvalue weighted by Gasteiger charge is 2.21. The van der Waals surface area contributed by atoms with Gasteiger partial charge in [-0.3, -0.25) is 4.79 Å². The molecule has 0 aliphatic carbocycles. The topological polar surface area (TPSA) is 84.0 Å². The minimum atomic E-state index is -0.508. The van der Waals surface area contributed by atoms with Crippen LogP contribution >= 0.6 is 11.8 Å². The number of methoxy groups -OCH3 is 1. The number of carbonyl (C=O) groups is 1. The second-order valence-corrected chi connectivity index (χ2v) is 7.20. The molecular weight excluding hydrogens is 405 g/mol. The average Bonchev–Trinajstić information content (AvgIpc) is 3.13. The summed E-state index contributed by atoms with van der Waals surface area (Å²) >= 11 is 1.20. The van der Waals surface area contributed by atoms with Crippen molar-refractivity contribution in [3.63, 3.8) is 0 Å². The fourth-order valence-corrected chi connectivity index (χ4v) is 3.71. The third-order valence-electron chi connectivity index (χ3n) is 4.40.